The van der Waals surface area contributed by atoms with E-state index < -0.39 is 30.6 Å². The molecule has 2 rings (SSSR count). The highest BCUT2D eigenvalue weighted by molar-refractivity contribution is 5.88. The average molecular weight is 543 g/mol. The first-order valence-electron chi connectivity index (χ1n) is 14.8. The van der Waals surface area contributed by atoms with Crippen LogP contribution in [0.4, 0.5) is 0 Å². The molecule has 39 heavy (non-hydrogen) atoms. The van der Waals surface area contributed by atoms with E-state index in [0.717, 1.165) is 18.8 Å². The molecule has 1 aromatic rings. The fourth-order valence-electron chi connectivity index (χ4n) is 5.59. The Morgan fingerprint density at radius 2 is 1.41 bits per heavy atom. The number of aliphatic hydroxyl groups excluding tert-OH is 2. The van der Waals surface area contributed by atoms with Crippen LogP contribution in [0.2, 0.25) is 0 Å². The van der Waals surface area contributed by atoms with Gasteiger partial charge in [0.25, 0.3) is 0 Å². The van der Waals surface area contributed by atoms with Crippen LogP contribution in [0.25, 0.3) is 0 Å². The summed E-state index contributed by atoms with van der Waals surface area (Å²) in [5, 5.41) is 18.4. The lowest BCUT2D eigenvalue weighted by Gasteiger charge is -2.33. The van der Waals surface area contributed by atoms with E-state index in [1.54, 1.807) is 0 Å². The maximum absolute atomic E-state index is 12.2. The molecule has 6 heteroatoms. The number of unbranched alkanes of at least 4 members (excludes halogenated alkanes) is 2. The highest BCUT2D eigenvalue weighted by atomic mass is 16.5. The summed E-state index contributed by atoms with van der Waals surface area (Å²) in [7, 11) is 0. The number of esters is 2. The van der Waals surface area contributed by atoms with E-state index in [9.17, 15) is 19.8 Å². The first kappa shape index (κ1) is 32.8. The van der Waals surface area contributed by atoms with Crippen molar-refractivity contribution in [3.63, 3.8) is 0 Å². The van der Waals surface area contributed by atoms with Crippen molar-refractivity contribution in [1.82, 2.24) is 0 Å². The van der Waals surface area contributed by atoms with Gasteiger partial charge in [-0.05, 0) is 67.9 Å². The van der Waals surface area contributed by atoms with Gasteiger partial charge in [0, 0.05) is 5.41 Å². The van der Waals surface area contributed by atoms with Gasteiger partial charge in [0.1, 0.15) is 13.2 Å². The van der Waals surface area contributed by atoms with Crippen LogP contribution in [0.1, 0.15) is 102 Å². The Balaban J connectivity index is 2.04. The molecular formula is C33H50O6. The molecule has 6 nitrogen and oxygen atoms in total. The van der Waals surface area contributed by atoms with Gasteiger partial charge in [0.2, 0.25) is 0 Å². The van der Waals surface area contributed by atoms with Crippen molar-refractivity contribution in [3.05, 3.63) is 59.7 Å². The topological polar surface area (TPSA) is 93.1 Å². The van der Waals surface area contributed by atoms with Crippen molar-refractivity contribution in [1.29, 1.82) is 0 Å². The Bertz CT molecular complexity index is 879. The van der Waals surface area contributed by atoms with Gasteiger partial charge in [-0.3, -0.25) is 0 Å². The smallest absolute Gasteiger partial charge is 0.335 e. The van der Waals surface area contributed by atoms with Gasteiger partial charge >= 0.3 is 11.9 Å². The molecule has 0 amide bonds. The van der Waals surface area contributed by atoms with Crippen LogP contribution in [-0.2, 0) is 25.5 Å². The van der Waals surface area contributed by atoms with Crippen molar-refractivity contribution in [2.45, 2.75) is 96.8 Å². The molecular weight excluding hydrogens is 492 g/mol. The maximum Gasteiger partial charge on any atom is 0.335 e. The molecule has 1 saturated carbocycles. The first-order chi connectivity index (χ1) is 18.8. The maximum atomic E-state index is 12.2. The molecule has 1 fully saturated rings. The molecule has 2 N–H and O–H groups in total. The summed E-state index contributed by atoms with van der Waals surface area (Å²) in [6.45, 7) is 10.5. The van der Waals surface area contributed by atoms with Crippen molar-refractivity contribution < 1.29 is 29.3 Å². The van der Waals surface area contributed by atoms with Crippen molar-refractivity contribution >= 4 is 11.9 Å². The van der Waals surface area contributed by atoms with E-state index >= 15 is 0 Å². The third-order valence-corrected chi connectivity index (χ3v) is 8.22. The second-order valence-corrected chi connectivity index (χ2v) is 11.4. The molecule has 0 spiro atoms. The van der Waals surface area contributed by atoms with E-state index in [-0.39, 0.29) is 24.4 Å². The standard InChI is InChI=1S/C33H50O6/c1-5-7-8-9-27-10-14-29(15-11-27)30-16-12-28(13-17-30)18-20-33(19-6-2,23-38-31(36)25(3)21-34)24-39-32(37)26(4)22-35/h12-13,16-17,27,29,34-35H,3-11,14-15,18-24H2,1-2H3. The van der Waals surface area contributed by atoms with Crippen LogP contribution in [-0.4, -0.2) is 48.6 Å². The van der Waals surface area contributed by atoms with Crippen LogP contribution in [0.3, 0.4) is 0 Å². The van der Waals surface area contributed by atoms with Crippen molar-refractivity contribution in [2.24, 2.45) is 11.3 Å². The molecule has 0 aliphatic heterocycles. The summed E-state index contributed by atoms with van der Waals surface area (Å²) in [6.07, 6.45) is 13.4. The van der Waals surface area contributed by atoms with Crippen molar-refractivity contribution in [2.75, 3.05) is 26.4 Å². The predicted molar refractivity (Wildman–Crippen MR) is 155 cm³/mol. The van der Waals surface area contributed by atoms with Gasteiger partial charge in [-0.15, -0.1) is 0 Å². The lowest BCUT2D eigenvalue weighted by Crippen LogP contribution is -2.36. The molecule has 0 unspecified atom stereocenters. The van der Waals surface area contributed by atoms with Gasteiger partial charge < -0.3 is 19.7 Å². The largest absolute Gasteiger partial charge is 0.462 e. The molecule has 0 bridgehead atoms. The van der Waals surface area contributed by atoms with Gasteiger partial charge in [-0.25, -0.2) is 9.59 Å². The zero-order chi connectivity index (χ0) is 28.7. The number of aliphatic hydroxyl groups is 2. The van der Waals surface area contributed by atoms with E-state index in [1.807, 2.05) is 6.92 Å². The Morgan fingerprint density at radius 1 is 0.846 bits per heavy atom. The monoisotopic (exact) mass is 542 g/mol. The third-order valence-electron chi connectivity index (χ3n) is 8.22. The van der Waals surface area contributed by atoms with Crippen LogP contribution in [0.15, 0.2) is 48.6 Å². The van der Waals surface area contributed by atoms with Gasteiger partial charge in [0.15, 0.2) is 0 Å². The quantitative estimate of drug-likeness (QED) is 0.126. The van der Waals surface area contributed by atoms with Crippen LogP contribution >= 0.6 is 0 Å². The summed E-state index contributed by atoms with van der Waals surface area (Å²) in [5.74, 6) is 0.215. The number of hydrogen-bond donors (Lipinski definition) is 2. The number of ether oxygens (including phenoxy) is 2. The summed E-state index contributed by atoms with van der Waals surface area (Å²) < 4.78 is 11.0. The lowest BCUT2D eigenvalue weighted by atomic mass is 9.76. The summed E-state index contributed by atoms with van der Waals surface area (Å²) in [4.78, 5) is 24.5. The fraction of sp³-hybridized carbons (Fsp3) is 0.636. The van der Waals surface area contributed by atoms with Crippen LogP contribution in [0, 0.1) is 11.3 Å². The number of aryl methyl sites for hydroxylation is 1. The Labute approximate surface area is 235 Å². The zero-order valence-electron chi connectivity index (χ0n) is 24.2. The number of carbonyl (C=O) groups excluding carboxylic acids is 2. The van der Waals surface area contributed by atoms with Gasteiger partial charge in [-0.2, -0.15) is 0 Å². The van der Waals surface area contributed by atoms with Gasteiger partial charge in [-0.1, -0.05) is 83.4 Å². The highest BCUT2D eigenvalue weighted by Gasteiger charge is 2.33. The Kier molecular flexibility index (Phi) is 14.5. The summed E-state index contributed by atoms with van der Waals surface area (Å²) >= 11 is 0. The fourth-order valence-corrected chi connectivity index (χ4v) is 5.59. The lowest BCUT2D eigenvalue weighted by molar-refractivity contribution is -0.150. The molecule has 218 valence electrons. The minimum Gasteiger partial charge on any atom is -0.462 e. The SMILES string of the molecule is C=C(CO)C(=O)OCC(CCC)(CCc1ccc(C2CCC(CCCCC)CC2)cc1)COC(=O)C(=C)CO. The zero-order valence-corrected chi connectivity index (χ0v) is 24.2. The van der Waals surface area contributed by atoms with E-state index in [4.69, 9.17) is 9.47 Å². The number of rotatable bonds is 18. The molecule has 1 aliphatic carbocycles. The third kappa shape index (κ3) is 10.9. The molecule has 0 radical (unpaired) electrons. The summed E-state index contributed by atoms with van der Waals surface area (Å²) in [5.41, 5.74) is 1.96. The minimum absolute atomic E-state index is 0.0170. The van der Waals surface area contributed by atoms with E-state index in [2.05, 4.69) is 44.3 Å². The van der Waals surface area contributed by atoms with E-state index in [1.165, 1.54) is 62.5 Å². The molecule has 1 aromatic carbocycles. The number of benzene rings is 1. The normalized spacial score (nSPS) is 17.4. The van der Waals surface area contributed by atoms with E-state index in [0.29, 0.717) is 18.8 Å². The predicted octanol–water partition coefficient (Wildman–Crippen LogP) is 6.44. The second kappa shape index (κ2) is 17.3. The van der Waals surface area contributed by atoms with Crippen LogP contribution < -0.4 is 0 Å². The second-order valence-electron chi connectivity index (χ2n) is 11.4. The molecule has 0 atom stereocenters. The van der Waals surface area contributed by atoms with Crippen molar-refractivity contribution in [3.8, 4) is 0 Å². The van der Waals surface area contributed by atoms with Crippen LogP contribution in [0.5, 0.6) is 0 Å². The number of hydrogen-bond acceptors (Lipinski definition) is 6. The molecule has 1 aliphatic rings. The Morgan fingerprint density at radius 3 is 1.90 bits per heavy atom. The first-order valence-corrected chi connectivity index (χ1v) is 14.8. The number of carbonyl (C=O) groups is 2. The molecule has 0 saturated heterocycles. The Hall–Kier alpha value is -2.44. The minimum atomic E-state index is -0.659. The molecule has 0 aromatic heterocycles. The average Bonchev–Trinajstić information content (AvgIpc) is 2.97. The summed E-state index contributed by atoms with van der Waals surface area (Å²) in [6, 6.07) is 8.90. The van der Waals surface area contributed by atoms with Gasteiger partial charge in [0.05, 0.1) is 24.4 Å². The molecule has 0 heterocycles. The highest BCUT2D eigenvalue weighted by Crippen LogP contribution is 2.38.